The van der Waals surface area contributed by atoms with Gasteiger partial charge in [0.1, 0.15) is 5.75 Å². The fourth-order valence-corrected chi connectivity index (χ4v) is 4.67. The van der Waals surface area contributed by atoms with Crippen molar-refractivity contribution in [2.24, 2.45) is 0 Å². The number of thioether (sulfide) groups is 1. The van der Waals surface area contributed by atoms with Crippen LogP contribution in [0.1, 0.15) is 51.4 Å². The zero-order valence-electron chi connectivity index (χ0n) is 15.1. The Morgan fingerprint density at radius 2 is 1.80 bits per heavy atom. The number of likely N-dealkylation sites (tertiary alicyclic amines) is 1. The standard InChI is InChI=1S/C20H29NO3S/c1-25-18-11-7-6-10-17(18)24-20(19(22)23)12-14-21(15-13-20)16-8-4-2-3-5-9-16/h6-7,10-11,16H,2-5,8-9,12-15H2,1H3,(H,22,23). The number of piperidine rings is 1. The molecule has 25 heavy (non-hydrogen) atoms. The van der Waals surface area contributed by atoms with Crippen LogP contribution < -0.4 is 4.74 Å². The van der Waals surface area contributed by atoms with Gasteiger partial charge < -0.3 is 14.7 Å². The lowest BCUT2D eigenvalue weighted by Gasteiger charge is -2.42. The number of aliphatic carboxylic acids is 1. The molecule has 138 valence electrons. The van der Waals surface area contributed by atoms with Gasteiger partial charge in [-0.2, -0.15) is 0 Å². The van der Waals surface area contributed by atoms with Crippen molar-refractivity contribution in [3.8, 4) is 5.75 Å². The lowest BCUT2D eigenvalue weighted by Crippen LogP contribution is -2.55. The second kappa shape index (κ2) is 8.45. The number of hydrogen-bond acceptors (Lipinski definition) is 4. The summed E-state index contributed by atoms with van der Waals surface area (Å²) in [5.74, 6) is -0.135. The average molecular weight is 364 g/mol. The lowest BCUT2D eigenvalue weighted by molar-refractivity contribution is -0.160. The first-order valence-corrected chi connectivity index (χ1v) is 10.7. The molecule has 2 aliphatic rings. The van der Waals surface area contributed by atoms with Crippen LogP contribution in [-0.4, -0.2) is 47.0 Å². The van der Waals surface area contributed by atoms with Crippen LogP contribution >= 0.6 is 11.8 Å². The molecule has 1 heterocycles. The molecule has 0 bridgehead atoms. The number of hydrogen-bond donors (Lipinski definition) is 1. The first kappa shape index (κ1) is 18.6. The summed E-state index contributed by atoms with van der Waals surface area (Å²) in [6.45, 7) is 1.64. The summed E-state index contributed by atoms with van der Waals surface area (Å²) < 4.78 is 6.14. The topological polar surface area (TPSA) is 49.8 Å². The molecule has 3 rings (SSSR count). The maximum atomic E-state index is 12.1. The fraction of sp³-hybridized carbons (Fsp3) is 0.650. The first-order valence-electron chi connectivity index (χ1n) is 9.44. The van der Waals surface area contributed by atoms with E-state index in [1.54, 1.807) is 11.8 Å². The van der Waals surface area contributed by atoms with E-state index >= 15 is 0 Å². The van der Waals surface area contributed by atoms with Gasteiger partial charge in [-0.15, -0.1) is 11.8 Å². The molecule has 1 aromatic carbocycles. The van der Waals surface area contributed by atoms with Gasteiger partial charge in [-0.1, -0.05) is 37.8 Å². The summed E-state index contributed by atoms with van der Waals surface area (Å²) in [6.07, 6.45) is 10.9. The molecule has 1 aliphatic carbocycles. The molecule has 2 fully saturated rings. The molecule has 1 aliphatic heterocycles. The van der Waals surface area contributed by atoms with Crippen molar-refractivity contribution in [3.05, 3.63) is 24.3 Å². The van der Waals surface area contributed by atoms with Gasteiger partial charge >= 0.3 is 5.97 Å². The van der Waals surface area contributed by atoms with E-state index in [-0.39, 0.29) is 0 Å². The van der Waals surface area contributed by atoms with Crippen molar-refractivity contribution < 1.29 is 14.6 Å². The zero-order chi connectivity index (χ0) is 17.7. The van der Waals surface area contributed by atoms with Gasteiger partial charge in [-0.05, 0) is 31.2 Å². The summed E-state index contributed by atoms with van der Waals surface area (Å²) >= 11 is 1.59. The van der Waals surface area contributed by atoms with E-state index in [9.17, 15) is 9.90 Å². The molecule has 0 radical (unpaired) electrons. The smallest absolute Gasteiger partial charge is 0.348 e. The highest BCUT2D eigenvalue weighted by atomic mass is 32.2. The maximum absolute atomic E-state index is 12.1. The van der Waals surface area contributed by atoms with Crippen molar-refractivity contribution in [2.45, 2.75) is 67.9 Å². The summed E-state index contributed by atoms with van der Waals surface area (Å²) in [5.41, 5.74) is -1.09. The Labute approximate surface area is 154 Å². The number of rotatable bonds is 5. The summed E-state index contributed by atoms with van der Waals surface area (Å²) in [4.78, 5) is 15.6. The molecule has 0 unspecified atom stereocenters. The predicted molar refractivity (Wildman–Crippen MR) is 102 cm³/mol. The molecule has 1 aromatic rings. The van der Waals surface area contributed by atoms with Gasteiger partial charge in [0.05, 0.1) is 0 Å². The third kappa shape index (κ3) is 4.32. The number of para-hydroxylation sites is 1. The second-order valence-corrected chi connectivity index (χ2v) is 8.08. The number of ether oxygens (including phenoxy) is 1. The van der Waals surface area contributed by atoms with E-state index in [0.717, 1.165) is 18.0 Å². The van der Waals surface area contributed by atoms with Crippen LogP contribution in [0, 0.1) is 0 Å². The third-order valence-corrected chi connectivity index (χ3v) is 6.49. The van der Waals surface area contributed by atoms with E-state index < -0.39 is 11.6 Å². The van der Waals surface area contributed by atoms with Gasteiger partial charge in [-0.3, -0.25) is 0 Å². The lowest BCUT2D eigenvalue weighted by atomic mass is 9.89. The second-order valence-electron chi connectivity index (χ2n) is 7.23. The number of benzene rings is 1. The molecular weight excluding hydrogens is 334 g/mol. The SMILES string of the molecule is CSc1ccccc1OC1(C(=O)O)CCN(C2CCCCCC2)CC1. The quantitative estimate of drug-likeness (QED) is 0.619. The molecule has 5 heteroatoms. The number of nitrogens with zero attached hydrogens (tertiary/aromatic N) is 1. The van der Waals surface area contributed by atoms with Crippen LogP contribution in [0.25, 0.3) is 0 Å². The van der Waals surface area contributed by atoms with Crippen LogP contribution in [0.3, 0.4) is 0 Å². The van der Waals surface area contributed by atoms with Gasteiger partial charge in [0.25, 0.3) is 0 Å². The average Bonchev–Trinajstić information content (AvgIpc) is 2.92. The van der Waals surface area contributed by atoms with Crippen molar-refractivity contribution in [3.63, 3.8) is 0 Å². The highest BCUT2D eigenvalue weighted by molar-refractivity contribution is 7.98. The molecule has 0 aromatic heterocycles. The molecule has 4 nitrogen and oxygen atoms in total. The summed E-state index contributed by atoms with van der Waals surface area (Å²) in [5, 5.41) is 9.90. The van der Waals surface area contributed by atoms with Crippen molar-refractivity contribution in [1.29, 1.82) is 0 Å². The van der Waals surface area contributed by atoms with Crippen LogP contribution in [0.5, 0.6) is 5.75 Å². The molecule has 1 saturated heterocycles. The third-order valence-electron chi connectivity index (χ3n) is 5.71. The monoisotopic (exact) mass is 363 g/mol. The number of carbonyl (C=O) groups is 1. The summed E-state index contributed by atoms with van der Waals surface area (Å²) in [6, 6.07) is 8.36. The Morgan fingerprint density at radius 1 is 1.16 bits per heavy atom. The van der Waals surface area contributed by atoms with Crippen molar-refractivity contribution in [2.75, 3.05) is 19.3 Å². The minimum absolute atomic E-state index is 0.557. The van der Waals surface area contributed by atoms with E-state index in [1.807, 2.05) is 30.5 Å². The van der Waals surface area contributed by atoms with Crippen LogP contribution in [0.2, 0.25) is 0 Å². The van der Waals surface area contributed by atoms with Gasteiger partial charge in [0.15, 0.2) is 0 Å². The van der Waals surface area contributed by atoms with E-state index in [2.05, 4.69) is 4.90 Å². The highest BCUT2D eigenvalue weighted by Gasteiger charge is 2.45. The molecular formula is C20H29NO3S. The van der Waals surface area contributed by atoms with E-state index in [1.165, 1.54) is 38.5 Å². The van der Waals surface area contributed by atoms with Gasteiger partial charge in [0.2, 0.25) is 5.60 Å². The Hall–Kier alpha value is -1.20. The molecule has 0 atom stereocenters. The molecule has 0 spiro atoms. The van der Waals surface area contributed by atoms with Gasteiger partial charge in [-0.25, -0.2) is 4.79 Å². The minimum Gasteiger partial charge on any atom is -0.478 e. The number of carboxylic acids is 1. The van der Waals surface area contributed by atoms with Crippen molar-refractivity contribution in [1.82, 2.24) is 4.90 Å². The predicted octanol–water partition coefficient (Wildman–Crippen LogP) is 4.43. The largest absolute Gasteiger partial charge is 0.478 e. The van der Waals surface area contributed by atoms with Crippen molar-refractivity contribution >= 4 is 17.7 Å². The van der Waals surface area contributed by atoms with E-state index in [0.29, 0.717) is 24.6 Å². The fourth-order valence-electron chi connectivity index (χ4n) is 4.15. The zero-order valence-corrected chi connectivity index (χ0v) is 15.9. The van der Waals surface area contributed by atoms with Gasteiger partial charge in [0, 0.05) is 36.9 Å². The maximum Gasteiger partial charge on any atom is 0.348 e. The Balaban J connectivity index is 1.69. The normalized spacial score (nSPS) is 22.3. The molecule has 0 amide bonds. The Kier molecular flexibility index (Phi) is 6.29. The van der Waals surface area contributed by atoms with Crippen LogP contribution in [-0.2, 0) is 4.79 Å². The highest BCUT2D eigenvalue weighted by Crippen LogP contribution is 2.36. The molecule has 1 N–H and O–H groups in total. The first-order chi connectivity index (χ1) is 12.1. The minimum atomic E-state index is -1.09. The van der Waals surface area contributed by atoms with Crippen LogP contribution in [0.15, 0.2) is 29.2 Å². The van der Waals surface area contributed by atoms with E-state index in [4.69, 9.17) is 4.74 Å². The Bertz CT molecular complexity index is 576. The molecule has 1 saturated carbocycles. The number of carboxylic acid groups (broad SMARTS) is 1. The summed E-state index contributed by atoms with van der Waals surface area (Å²) in [7, 11) is 0. The van der Waals surface area contributed by atoms with Crippen LogP contribution in [0.4, 0.5) is 0 Å². The Morgan fingerprint density at radius 3 is 2.40 bits per heavy atom.